The van der Waals surface area contributed by atoms with Crippen LogP contribution in [-0.4, -0.2) is 35.8 Å². The molecule has 0 fully saturated rings. The zero-order chi connectivity index (χ0) is 23.4. The second-order valence-electron chi connectivity index (χ2n) is 7.62. The number of carbonyl (C=O) groups is 3. The number of rotatable bonds is 6. The highest BCUT2D eigenvalue weighted by Crippen LogP contribution is 2.35. The summed E-state index contributed by atoms with van der Waals surface area (Å²) >= 11 is 6.03. The smallest absolute Gasteiger partial charge is 0.326 e. The minimum Gasteiger partial charge on any atom is -0.465 e. The minimum absolute atomic E-state index is 0.197. The predicted molar refractivity (Wildman–Crippen MR) is 126 cm³/mol. The fourth-order valence-corrected chi connectivity index (χ4v) is 4.09. The van der Waals surface area contributed by atoms with Gasteiger partial charge >= 0.3 is 5.97 Å². The van der Waals surface area contributed by atoms with Crippen LogP contribution in [0.15, 0.2) is 78.9 Å². The van der Waals surface area contributed by atoms with Crippen molar-refractivity contribution in [3.05, 3.63) is 101 Å². The van der Waals surface area contributed by atoms with Crippen molar-refractivity contribution < 1.29 is 19.1 Å². The van der Waals surface area contributed by atoms with Crippen molar-refractivity contribution in [2.45, 2.75) is 19.5 Å². The van der Waals surface area contributed by atoms with E-state index in [0.717, 1.165) is 5.56 Å². The van der Waals surface area contributed by atoms with Gasteiger partial charge in [-0.3, -0.25) is 19.3 Å². The normalized spacial score (nSPS) is 15.8. The molecule has 2 amide bonds. The minimum atomic E-state index is -0.920. The number of carbonyl (C=O) groups excluding carboxylic acids is 3. The van der Waals surface area contributed by atoms with E-state index in [1.54, 1.807) is 48.2 Å². The Morgan fingerprint density at radius 3 is 2.30 bits per heavy atom. The van der Waals surface area contributed by atoms with Gasteiger partial charge in [-0.05, 0) is 42.3 Å². The van der Waals surface area contributed by atoms with Gasteiger partial charge < -0.3 is 9.64 Å². The summed E-state index contributed by atoms with van der Waals surface area (Å²) in [4.78, 5) is 43.0. The van der Waals surface area contributed by atoms with E-state index >= 15 is 0 Å². The summed E-state index contributed by atoms with van der Waals surface area (Å²) in [6, 6.07) is 22.2. The Labute approximate surface area is 197 Å². The molecule has 0 N–H and O–H groups in total. The Balaban J connectivity index is 1.84. The lowest BCUT2D eigenvalue weighted by Gasteiger charge is -2.31. The molecule has 0 radical (unpaired) electrons. The van der Waals surface area contributed by atoms with Gasteiger partial charge in [-0.25, -0.2) is 0 Å². The lowest BCUT2D eigenvalue weighted by atomic mass is 10.0. The van der Waals surface area contributed by atoms with Crippen LogP contribution in [-0.2, 0) is 20.9 Å². The van der Waals surface area contributed by atoms with Crippen molar-refractivity contribution >= 4 is 35.1 Å². The fourth-order valence-electron chi connectivity index (χ4n) is 3.97. The third-order valence-electron chi connectivity index (χ3n) is 5.47. The lowest BCUT2D eigenvalue weighted by Crippen LogP contribution is -2.44. The number of ether oxygens (including phenoxy) is 1. The molecule has 0 aromatic heterocycles. The van der Waals surface area contributed by atoms with Crippen LogP contribution >= 0.6 is 11.6 Å². The SMILES string of the molecule is CCOC(=O)CN1C(=O)C(c2ccccc2)N(Cc2ccc(Cl)cc2)C(=O)c2ccccc21. The molecule has 1 aliphatic rings. The first-order valence-corrected chi connectivity index (χ1v) is 11.0. The molecule has 3 aromatic rings. The number of nitrogens with zero attached hydrogens (tertiary/aromatic N) is 2. The van der Waals surface area contributed by atoms with Crippen LogP contribution < -0.4 is 4.90 Å². The maximum atomic E-state index is 14.0. The van der Waals surface area contributed by atoms with Gasteiger partial charge in [0.1, 0.15) is 12.6 Å². The highest BCUT2D eigenvalue weighted by Gasteiger charge is 2.41. The van der Waals surface area contributed by atoms with Crippen LogP contribution in [0.25, 0.3) is 0 Å². The zero-order valence-electron chi connectivity index (χ0n) is 18.1. The first-order chi connectivity index (χ1) is 16.0. The van der Waals surface area contributed by atoms with Crippen LogP contribution in [0.2, 0.25) is 5.02 Å². The van der Waals surface area contributed by atoms with Crippen LogP contribution in [0, 0.1) is 0 Å². The Bertz CT molecular complexity index is 1160. The number of hydrogen-bond donors (Lipinski definition) is 0. The average molecular weight is 463 g/mol. The monoisotopic (exact) mass is 462 g/mol. The summed E-state index contributed by atoms with van der Waals surface area (Å²) in [6.07, 6.45) is 0. The molecule has 0 saturated carbocycles. The van der Waals surface area contributed by atoms with Crippen LogP contribution in [0.1, 0.15) is 34.5 Å². The molecule has 6 nitrogen and oxygen atoms in total. The largest absolute Gasteiger partial charge is 0.465 e. The van der Waals surface area contributed by atoms with E-state index in [1.165, 1.54) is 4.90 Å². The topological polar surface area (TPSA) is 66.9 Å². The third kappa shape index (κ3) is 4.76. The molecular weight excluding hydrogens is 440 g/mol. The van der Waals surface area contributed by atoms with Crippen molar-refractivity contribution in [2.75, 3.05) is 18.1 Å². The van der Waals surface area contributed by atoms with Gasteiger partial charge in [-0.15, -0.1) is 0 Å². The van der Waals surface area contributed by atoms with E-state index < -0.39 is 12.0 Å². The van der Waals surface area contributed by atoms with Crippen LogP contribution in [0.5, 0.6) is 0 Å². The number of halogens is 1. The van der Waals surface area contributed by atoms with E-state index in [4.69, 9.17) is 16.3 Å². The van der Waals surface area contributed by atoms with Crippen molar-refractivity contribution in [1.29, 1.82) is 0 Å². The average Bonchev–Trinajstić information content (AvgIpc) is 2.91. The summed E-state index contributed by atoms with van der Waals surface area (Å²) in [7, 11) is 0. The summed E-state index contributed by atoms with van der Waals surface area (Å²) in [5, 5.41) is 0.586. The van der Waals surface area contributed by atoms with Crippen molar-refractivity contribution in [3.8, 4) is 0 Å². The third-order valence-corrected chi connectivity index (χ3v) is 5.72. The molecule has 7 heteroatoms. The molecule has 33 heavy (non-hydrogen) atoms. The lowest BCUT2D eigenvalue weighted by molar-refractivity contribution is -0.142. The molecule has 3 aromatic carbocycles. The molecule has 1 aliphatic heterocycles. The van der Waals surface area contributed by atoms with Gasteiger partial charge in [0.2, 0.25) is 0 Å². The Morgan fingerprint density at radius 1 is 0.939 bits per heavy atom. The Hall–Kier alpha value is -3.64. The maximum absolute atomic E-state index is 14.0. The molecular formula is C26H23ClN2O4. The van der Waals surface area contributed by atoms with E-state index in [0.29, 0.717) is 21.8 Å². The highest BCUT2D eigenvalue weighted by atomic mass is 35.5. The van der Waals surface area contributed by atoms with Crippen molar-refractivity contribution in [2.24, 2.45) is 0 Å². The first kappa shape index (κ1) is 22.6. The standard InChI is InChI=1S/C26H23ClN2O4/c1-2-33-23(30)17-28-22-11-7-6-10-21(22)25(31)29(16-18-12-14-20(27)15-13-18)24(26(28)32)19-8-4-3-5-9-19/h3-15,24H,2,16-17H2,1H3. The van der Waals surface area contributed by atoms with Crippen molar-refractivity contribution in [1.82, 2.24) is 4.90 Å². The molecule has 0 aliphatic carbocycles. The number of benzene rings is 3. The fraction of sp³-hybridized carbons (Fsp3) is 0.192. The number of amides is 2. The van der Waals surface area contributed by atoms with Gasteiger partial charge in [0.15, 0.2) is 0 Å². The molecule has 0 bridgehead atoms. The van der Waals surface area contributed by atoms with E-state index in [2.05, 4.69) is 0 Å². The highest BCUT2D eigenvalue weighted by molar-refractivity contribution is 6.30. The molecule has 1 unspecified atom stereocenters. The van der Waals surface area contributed by atoms with Crippen LogP contribution in [0.4, 0.5) is 5.69 Å². The van der Waals surface area contributed by atoms with Gasteiger partial charge in [0, 0.05) is 11.6 Å². The van der Waals surface area contributed by atoms with Gasteiger partial charge in [0.05, 0.1) is 17.9 Å². The van der Waals surface area contributed by atoms with Gasteiger partial charge in [-0.1, -0.05) is 66.2 Å². The summed E-state index contributed by atoms with van der Waals surface area (Å²) in [6.45, 7) is 1.82. The van der Waals surface area contributed by atoms with E-state index in [-0.39, 0.29) is 31.5 Å². The van der Waals surface area contributed by atoms with E-state index in [1.807, 2.05) is 42.5 Å². The van der Waals surface area contributed by atoms with E-state index in [9.17, 15) is 14.4 Å². The van der Waals surface area contributed by atoms with Gasteiger partial charge in [0.25, 0.3) is 11.8 Å². The molecule has 0 saturated heterocycles. The molecule has 1 atom stereocenters. The quantitative estimate of drug-likeness (QED) is 0.501. The number of esters is 1. The number of anilines is 1. The number of para-hydroxylation sites is 1. The van der Waals surface area contributed by atoms with Crippen molar-refractivity contribution in [3.63, 3.8) is 0 Å². The maximum Gasteiger partial charge on any atom is 0.326 e. The number of fused-ring (bicyclic) bond motifs is 1. The predicted octanol–water partition coefficient (Wildman–Crippen LogP) is 4.63. The molecule has 4 rings (SSSR count). The molecule has 0 spiro atoms. The molecule has 168 valence electrons. The van der Waals surface area contributed by atoms with Gasteiger partial charge in [-0.2, -0.15) is 0 Å². The van der Waals surface area contributed by atoms with Crippen LogP contribution in [0.3, 0.4) is 0 Å². The summed E-state index contributed by atoms with van der Waals surface area (Å²) in [5.41, 5.74) is 2.23. The first-order valence-electron chi connectivity index (χ1n) is 10.7. The second kappa shape index (κ2) is 9.88. The Morgan fingerprint density at radius 2 is 1.61 bits per heavy atom. The second-order valence-corrected chi connectivity index (χ2v) is 8.06. The Kier molecular flexibility index (Phi) is 6.75. The zero-order valence-corrected chi connectivity index (χ0v) is 18.9. The summed E-state index contributed by atoms with van der Waals surface area (Å²) in [5.74, 6) is -1.21. The molecule has 1 heterocycles. The number of hydrogen-bond acceptors (Lipinski definition) is 4. The summed E-state index contributed by atoms with van der Waals surface area (Å²) < 4.78 is 5.11.